The Morgan fingerprint density at radius 1 is 1.22 bits per heavy atom. The first kappa shape index (κ1) is 20.4. The van der Waals surface area contributed by atoms with Crippen molar-refractivity contribution in [3.8, 4) is 0 Å². The summed E-state index contributed by atoms with van der Waals surface area (Å²) >= 11 is 10.9. The third-order valence-electron chi connectivity index (χ3n) is 3.85. The second-order valence-electron chi connectivity index (χ2n) is 6.02. The SMILES string of the molecule is CS(=O)(=O)CCSc1nc2ccc(Br)cc2c(=O)n1Cc1ccccc1Cl. The number of thioether (sulfide) groups is 1. The van der Waals surface area contributed by atoms with Crippen molar-refractivity contribution >= 4 is 60.0 Å². The molecule has 0 saturated carbocycles. The number of fused-ring (bicyclic) bond motifs is 1. The highest BCUT2D eigenvalue weighted by molar-refractivity contribution is 9.10. The lowest BCUT2D eigenvalue weighted by Crippen LogP contribution is -2.24. The lowest BCUT2D eigenvalue weighted by Gasteiger charge is -2.14. The monoisotopic (exact) mass is 486 g/mol. The Labute approximate surface area is 174 Å². The van der Waals surface area contributed by atoms with Gasteiger partial charge in [-0.2, -0.15) is 0 Å². The molecule has 0 saturated heterocycles. The van der Waals surface area contributed by atoms with Gasteiger partial charge in [-0.25, -0.2) is 13.4 Å². The molecule has 0 aliphatic rings. The van der Waals surface area contributed by atoms with Crippen LogP contribution in [0.25, 0.3) is 10.9 Å². The van der Waals surface area contributed by atoms with Crippen molar-refractivity contribution in [2.45, 2.75) is 11.7 Å². The number of aromatic nitrogens is 2. The standard InChI is InChI=1S/C18H16BrClN2O3S2/c1-27(24,25)9-8-26-18-21-16-7-6-13(19)10-14(16)17(23)22(18)11-12-4-2-3-5-15(12)20/h2-7,10H,8-9,11H2,1H3. The molecule has 0 bridgehead atoms. The maximum Gasteiger partial charge on any atom is 0.262 e. The van der Waals surface area contributed by atoms with E-state index in [1.807, 2.05) is 24.3 Å². The van der Waals surface area contributed by atoms with Crippen molar-refractivity contribution in [2.24, 2.45) is 0 Å². The first-order chi connectivity index (χ1) is 12.7. The number of hydrogen-bond donors (Lipinski definition) is 0. The van der Waals surface area contributed by atoms with E-state index in [-0.39, 0.29) is 17.9 Å². The first-order valence-electron chi connectivity index (χ1n) is 7.98. The highest BCUT2D eigenvalue weighted by Crippen LogP contribution is 2.23. The topological polar surface area (TPSA) is 69.0 Å². The minimum absolute atomic E-state index is 0.0119. The molecule has 3 aromatic rings. The summed E-state index contributed by atoms with van der Waals surface area (Å²) in [6.45, 7) is 0.259. The van der Waals surface area contributed by atoms with Crippen LogP contribution in [0, 0.1) is 0 Å². The van der Waals surface area contributed by atoms with E-state index in [9.17, 15) is 13.2 Å². The zero-order chi connectivity index (χ0) is 19.6. The van der Waals surface area contributed by atoms with Gasteiger partial charge in [0.1, 0.15) is 9.84 Å². The summed E-state index contributed by atoms with van der Waals surface area (Å²) in [6, 6.07) is 12.6. The van der Waals surface area contributed by atoms with Crippen LogP contribution in [-0.4, -0.2) is 35.7 Å². The minimum Gasteiger partial charge on any atom is -0.283 e. The van der Waals surface area contributed by atoms with Gasteiger partial charge in [0.15, 0.2) is 5.16 Å². The first-order valence-corrected chi connectivity index (χ1v) is 12.2. The number of halogens is 2. The van der Waals surface area contributed by atoms with Crippen LogP contribution in [0.3, 0.4) is 0 Å². The Morgan fingerprint density at radius 3 is 2.67 bits per heavy atom. The van der Waals surface area contributed by atoms with Gasteiger partial charge in [-0.1, -0.05) is 57.5 Å². The van der Waals surface area contributed by atoms with E-state index >= 15 is 0 Å². The predicted octanol–water partition coefficient (Wildman–Crippen LogP) is 4.00. The van der Waals surface area contributed by atoms with E-state index in [1.54, 1.807) is 22.8 Å². The molecule has 0 unspecified atom stereocenters. The number of hydrogen-bond acceptors (Lipinski definition) is 5. The van der Waals surface area contributed by atoms with E-state index in [0.29, 0.717) is 26.8 Å². The highest BCUT2D eigenvalue weighted by Gasteiger charge is 2.14. The van der Waals surface area contributed by atoms with Crippen LogP contribution in [0.15, 0.2) is 56.9 Å². The van der Waals surface area contributed by atoms with Gasteiger partial charge in [0.2, 0.25) is 0 Å². The van der Waals surface area contributed by atoms with E-state index in [1.165, 1.54) is 18.0 Å². The van der Waals surface area contributed by atoms with Gasteiger partial charge in [0, 0.05) is 21.5 Å². The Balaban J connectivity index is 2.09. The smallest absolute Gasteiger partial charge is 0.262 e. The summed E-state index contributed by atoms with van der Waals surface area (Å²) in [6.07, 6.45) is 1.19. The molecule has 0 radical (unpaired) electrons. The zero-order valence-electron chi connectivity index (χ0n) is 14.4. The molecule has 3 rings (SSSR count). The van der Waals surface area contributed by atoms with Gasteiger partial charge < -0.3 is 0 Å². The third-order valence-corrected chi connectivity index (χ3v) is 6.90. The molecule has 0 N–H and O–H groups in total. The third kappa shape index (κ3) is 5.13. The number of sulfone groups is 1. The molecule has 2 aromatic carbocycles. The average Bonchev–Trinajstić information content (AvgIpc) is 2.59. The van der Waals surface area contributed by atoms with Crippen LogP contribution in [0.1, 0.15) is 5.56 Å². The Kier molecular flexibility index (Phi) is 6.30. The van der Waals surface area contributed by atoms with Crippen molar-refractivity contribution in [1.82, 2.24) is 9.55 Å². The predicted molar refractivity (Wildman–Crippen MR) is 115 cm³/mol. The van der Waals surface area contributed by atoms with Crippen LogP contribution in [-0.2, 0) is 16.4 Å². The van der Waals surface area contributed by atoms with Crippen LogP contribution in [0.2, 0.25) is 5.02 Å². The molecule has 0 aliphatic carbocycles. The molecule has 0 spiro atoms. The molecule has 0 amide bonds. The fourth-order valence-corrected chi connectivity index (χ4v) is 5.25. The zero-order valence-corrected chi connectivity index (χ0v) is 18.3. The summed E-state index contributed by atoms with van der Waals surface area (Å²) in [5, 5.41) is 1.52. The summed E-state index contributed by atoms with van der Waals surface area (Å²) in [7, 11) is -3.09. The van der Waals surface area contributed by atoms with Gasteiger partial charge in [0.05, 0.1) is 23.2 Å². The van der Waals surface area contributed by atoms with E-state index in [4.69, 9.17) is 11.6 Å². The number of nitrogens with zero attached hydrogens (tertiary/aromatic N) is 2. The second-order valence-corrected chi connectivity index (χ2v) is 10.7. The van der Waals surface area contributed by atoms with Crippen molar-refractivity contribution in [3.05, 3.63) is 67.9 Å². The largest absolute Gasteiger partial charge is 0.283 e. The summed E-state index contributed by atoms with van der Waals surface area (Å²) < 4.78 is 25.2. The molecule has 0 fully saturated rings. The van der Waals surface area contributed by atoms with Gasteiger partial charge in [-0.15, -0.1) is 0 Å². The van der Waals surface area contributed by atoms with Crippen LogP contribution < -0.4 is 5.56 Å². The molecule has 142 valence electrons. The molecule has 0 aliphatic heterocycles. The molecular weight excluding hydrogens is 472 g/mol. The Bertz CT molecular complexity index is 1160. The van der Waals surface area contributed by atoms with E-state index in [2.05, 4.69) is 20.9 Å². The average molecular weight is 488 g/mol. The molecule has 0 atom stereocenters. The van der Waals surface area contributed by atoms with Crippen molar-refractivity contribution < 1.29 is 8.42 Å². The maximum absolute atomic E-state index is 13.1. The van der Waals surface area contributed by atoms with Crippen LogP contribution in [0.4, 0.5) is 0 Å². The second kappa shape index (κ2) is 8.34. The summed E-state index contributed by atoms with van der Waals surface area (Å²) in [5.74, 6) is 0.327. The van der Waals surface area contributed by atoms with Crippen molar-refractivity contribution in [1.29, 1.82) is 0 Å². The lowest BCUT2D eigenvalue weighted by molar-refractivity contribution is 0.603. The van der Waals surface area contributed by atoms with Gasteiger partial charge in [-0.05, 0) is 29.8 Å². The van der Waals surface area contributed by atoms with Crippen molar-refractivity contribution in [3.63, 3.8) is 0 Å². The fourth-order valence-electron chi connectivity index (χ4n) is 2.50. The Morgan fingerprint density at radius 2 is 1.96 bits per heavy atom. The fraction of sp³-hybridized carbons (Fsp3) is 0.222. The molecule has 5 nitrogen and oxygen atoms in total. The molecule has 27 heavy (non-hydrogen) atoms. The van der Waals surface area contributed by atoms with Crippen LogP contribution >= 0.6 is 39.3 Å². The van der Waals surface area contributed by atoms with Gasteiger partial charge in [0.25, 0.3) is 5.56 Å². The highest BCUT2D eigenvalue weighted by atomic mass is 79.9. The summed E-state index contributed by atoms with van der Waals surface area (Å²) in [4.78, 5) is 17.7. The van der Waals surface area contributed by atoms with E-state index in [0.717, 1.165) is 10.0 Å². The Hall–Kier alpha value is -1.35. The summed E-state index contributed by atoms with van der Waals surface area (Å²) in [5.41, 5.74) is 1.17. The molecule has 1 aromatic heterocycles. The maximum atomic E-state index is 13.1. The quantitative estimate of drug-likeness (QED) is 0.388. The number of rotatable bonds is 6. The normalized spacial score (nSPS) is 11.8. The number of benzene rings is 2. The van der Waals surface area contributed by atoms with Crippen molar-refractivity contribution in [2.75, 3.05) is 17.8 Å². The van der Waals surface area contributed by atoms with Gasteiger partial charge in [-0.3, -0.25) is 9.36 Å². The molecule has 9 heteroatoms. The molecule has 1 heterocycles. The van der Waals surface area contributed by atoms with E-state index < -0.39 is 9.84 Å². The lowest BCUT2D eigenvalue weighted by atomic mass is 10.2. The minimum atomic E-state index is -3.09. The van der Waals surface area contributed by atoms with Crippen LogP contribution in [0.5, 0.6) is 0 Å². The molecular formula is C18H16BrClN2O3S2. The van der Waals surface area contributed by atoms with Gasteiger partial charge >= 0.3 is 0 Å².